The van der Waals surface area contributed by atoms with Gasteiger partial charge in [0.05, 0.1) is 6.54 Å². The van der Waals surface area contributed by atoms with E-state index < -0.39 is 0 Å². The van der Waals surface area contributed by atoms with Gasteiger partial charge in [-0.05, 0) is 13.1 Å². The van der Waals surface area contributed by atoms with Crippen LogP contribution in [0.4, 0.5) is 0 Å². The minimum absolute atomic E-state index is 0.0820. The fraction of sp³-hybridized carbons (Fsp3) is 0.188. The maximum absolute atomic E-state index is 12.0. The summed E-state index contributed by atoms with van der Waals surface area (Å²) < 4.78 is 0. The fourth-order valence-electron chi connectivity index (χ4n) is 1.95. The third-order valence-corrected chi connectivity index (χ3v) is 2.94. The van der Waals surface area contributed by atoms with Crippen molar-refractivity contribution in [2.24, 2.45) is 0 Å². The average Bonchev–Trinajstić information content (AvgIpc) is 2.42. The first-order valence-electron chi connectivity index (χ1n) is 6.20. The second kappa shape index (κ2) is 6.16. The van der Waals surface area contributed by atoms with Gasteiger partial charge in [-0.2, -0.15) is 0 Å². The Hall–Kier alpha value is -2.13. The van der Waals surface area contributed by atoms with Gasteiger partial charge in [-0.15, -0.1) is 0 Å². The molecule has 1 N–H and O–H groups in total. The lowest BCUT2D eigenvalue weighted by Crippen LogP contribution is -2.25. The van der Waals surface area contributed by atoms with Crippen LogP contribution in [0, 0.1) is 0 Å². The monoisotopic (exact) mass is 255 g/mol. The number of phenolic OH excluding ortho intramolecular Hbond substituents is 1. The van der Waals surface area contributed by atoms with Crippen molar-refractivity contribution >= 4 is 5.78 Å². The number of Topliss-reactive ketones (excluding diaryl/α,β-unsaturated/α-hetero) is 1. The van der Waals surface area contributed by atoms with Crippen molar-refractivity contribution in [2.45, 2.75) is 6.54 Å². The number of para-hydroxylation sites is 1. The Kier molecular flexibility index (Phi) is 4.31. The summed E-state index contributed by atoms with van der Waals surface area (Å²) in [4.78, 5) is 13.9. The van der Waals surface area contributed by atoms with Crippen molar-refractivity contribution < 1.29 is 9.90 Å². The van der Waals surface area contributed by atoms with E-state index in [1.165, 1.54) is 0 Å². The molecular weight excluding hydrogens is 238 g/mol. The highest BCUT2D eigenvalue weighted by Crippen LogP contribution is 2.17. The van der Waals surface area contributed by atoms with Gasteiger partial charge in [0.15, 0.2) is 5.78 Å². The van der Waals surface area contributed by atoms with E-state index in [4.69, 9.17) is 0 Å². The van der Waals surface area contributed by atoms with Gasteiger partial charge in [-0.25, -0.2) is 0 Å². The standard InChI is InChI=1S/C16H17NO2/c1-17(11-14-9-5-6-10-15(14)18)12-16(19)13-7-3-2-4-8-13/h2-10,18H,11-12H2,1H3. The molecule has 2 aromatic carbocycles. The van der Waals surface area contributed by atoms with Crippen LogP contribution in [0.3, 0.4) is 0 Å². The molecule has 2 aromatic rings. The van der Waals surface area contributed by atoms with Crippen LogP contribution in [-0.2, 0) is 6.54 Å². The lowest BCUT2D eigenvalue weighted by molar-refractivity contribution is 0.0942. The number of carbonyl (C=O) groups excluding carboxylic acids is 1. The average molecular weight is 255 g/mol. The summed E-state index contributed by atoms with van der Waals surface area (Å²) in [7, 11) is 1.87. The Labute approximate surface area is 113 Å². The Morgan fingerprint density at radius 3 is 2.37 bits per heavy atom. The van der Waals surface area contributed by atoms with Gasteiger partial charge < -0.3 is 5.11 Å². The van der Waals surface area contributed by atoms with E-state index in [2.05, 4.69) is 0 Å². The number of hydrogen-bond donors (Lipinski definition) is 1. The van der Waals surface area contributed by atoms with E-state index in [0.29, 0.717) is 18.7 Å². The zero-order chi connectivity index (χ0) is 13.7. The van der Waals surface area contributed by atoms with Gasteiger partial charge in [0.25, 0.3) is 0 Å². The van der Waals surface area contributed by atoms with E-state index in [-0.39, 0.29) is 11.5 Å². The zero-order valence-electron chi connectivity index (χ0n) is 10.9. The second-order valence-corrected chi connectivity index (χ2v) is 4.59. The van der Waals surface area contributed by atoms with Crippen LogP contribution in [0.2, 0.25) is 0 Å². The number of hydrogen-bond acceptors (Lipinski definition) is 3. The van der Waals surface area contributed by atoms with Crippen molar-refractivity contribution in [1.29, 1.82) is 0 Å². The van der Waals surface area contributed by atoms with Gasteiger partial charge in [-0.1, -0.05) is 48.5 Å². The lowest BCUT2D eigenvalue weighted by atomic mass is 10.1. The van der Waals surface area contributed by atoms with Gasteiger partial charge in [-0.3, -0.25) is 9.69 Å². The molecule has 0 aliphatic carbocycles. The molecule has 0 fully saturated rings. The Morgan fingerprint density at radius 2 is 1.68 bits per heavy atom. The Balaban J connectivity index is 1.97. The van der Waals surface area contributed by atoms with Crippen molar-refractivity contribution in [3.63, 3.8) is 0 Å². The van der Waals surface area contributed by atoms with E-state index in [1.54, 1.807) is 12.1 Å². The first-order chi connectivity index (χ1) is 9.16. The van der Waals surface area contributed by atoms with Crippen LogP contribution in [0.25, 0.3) is 0 Å². The molecule has 0 amide bonds. The molecule has 0 atom stereocenters. The van der Waals surface area contributed by atoms with Gasteiger partial charge >= 0.3 is 0 Å². The van der Waals surface area contributed by atoms with Crippen molar-refractivity contribution in [3.8, 4) is 5.75 Å². The van der Waals surface area contributed by atoms with Gasteiger partial charge in [0, 0.05) is 17.7 Å². The molecule has 0 aromatic heterocycles. The van der Waals surface area contributed by atoms with E-state index in [1.807, 2.05) is 54.4 Å². The molecule has 0 saturated carbocycles. The number of aromatic hydroxyl groups is 1. The topological polar surface area (TPSA) is 40.5 Å². The van der Waals surface area contributed by atoms with Crippen LogP contribution in [-0.4, -0.2) is 29.4 Å². The van der Waals surface area contributed by atoms with E-state index in [0.717, 1.165) is 5.56 Å². The van der Waals surface area contributed by atoms with Crippen molar-refractivity contribution in [1.82, 2.24) is 4.90 Å². The van der Waals surface area contributed by atoms with E-state index >= 15 is 0 Å². The largest absolute Gasteiger partial charge is 0.508 e. The predicted octanol–water partition coefficient (Wildman–Crippen LogP) is 2.71. The smallest absolute Gasteiger partial charge is 0.176 e. The van der Waals surface area contributed by atoms with Crippen LogP contribution in [0.1, 0.15) is 15.9 Å². The first-order valence-corrected chi connectivity index (χ1v) is 6.20. The molecule has 3 nitrogen and oxygen atoms in total. The summed E-state index contributed by atoms with van der Waals surface area (Å²) in [6.07, 6.45) is 0. The third kappa shape index (κ3) is 3.66. The minimum Gasteiger partial charge on any atom is -0.508 e. The predicted molar refractivity (Wildman–Crippen MR) is 75.2 cm³/mol. The zero-order valence-corrected chi connectivity index (χ0v) is 10.9. The highest BCUT2D eigenvalue weighted by molar-refractivity contribution is 5.97. The summed E-state index contributed by atoms with van der Waals surface area (Å²) in [6.45, 7) is 0.879. The summed E-state index contributed by atoms with van der Waals surface area (Å²) in [5.74, 6) is 0.347. The van der Waals surface area contributed by atoms with Crippen molar-refractivity contribution in [2.75, 3.05) is 13.6 Å². The van der Waals surface area contributed by atoms with Crippen LogP contribution < -0.4 is 0 Å². The maximum atomic E-state index is 12.0. The third-order valence-electron chi connectivity index (χ3n) is 2.94. The molecule has 0 radical (unpaired) electrons. The number of nitrogens with zero attached hydrogens (tertiary/aromatic N) is 1. The molecule has 0 aliphatic rings. The minimum atomic E-state index is 0.0820. The Morgan fingerprint density at radius 1 is 1.05 bits per heavy atom. The van der Waals surface area contributed by atoms with Crippen LogP contribution in [0.15, 0.2) is 54.6 Å². The van der Waals surface area contributed by atoms with Crippen LogP contribution >= 0.6 is 0 Å². The second-order valence-electron chi connectivity index (χ2n) is 4.59. The quantitative estimate of drug-likeness (QED) is 0.835. The summed E-state index contributed by atoms with van der Waals surface area (Å²) >= 11 is 0. The van der Waals surface area contributed by atoms with Gasteiger partial charge in [0.1, 0.15) is 5.75 Å². The maximum Gasteiger partial charge on any atom is 0.176 e. The molecule has 0 heterocycles. The number of phenols is 1. The molecule has 0 spiro atoms. The molecule has 0 bridgehead atoms. The fourth-order valence-corrected chi connectivity index (χ4v) is 1.95. The van der Waals surface area contributed by atoms with Crippen molar-refractivity contribution in [3.05, 3.63) is 65.7 Å². The number of likely N-dealkylation sites (N-methyl/N-ethyl adjacent to an activating group) is 1. The Bertz CT molecular complexity index is 552. The molecule has 3 heteroatoms. The molecule has 98 valence electrons. The number of carbonyl (C=O) groups is 1. The molecule has 2 rings (SSSR count). The van der Waals surface area contributed by atoms with Crippen LogP contribution in [0.5, 0.6) is 5.75 Å². The highest BCUT2D eigenvalue weighted by atomic mass is 16.3. The molecule has 0 saturated heterocycles. The highest BCUT2D eigenvalue weighted by Gasteiger charge is 2.10. The summed E-state index contributed by atoms with van der Waals surface area (Å²) in [6, 6.07) is 16.4. The SMILES string of the molecule is CN(CC(=O)c1ccccc1)Cc1ccccc1O. The van der Waals surface area contributed by atoms with Gasteiger partial charge in [0.2, 0.25) is 0 Å². The normalized spacial score (nSPS) is 10.6. The number of rotatable bonds is 5. The number of ketones is 1. The lowest BCUT2D eigenvalue weighted by Gasteiger charge is -2.16. The first kappa shape index (κ1) is 13.3. The molecular formula is C16H17NO2. The summed E-state index contributed by atoms with van der Waals surface area (Å²) in [5, 5.41) is 9.70. The van der Waals surface area contributed by atoms with E-state index in [9.17, 15) is 9.90 Å². The molecule has 19 heavy (non-hydrogen) atoms. The molecule has 0 unspecified atom stereocenters. The number of benzene rings is 2. The summed E-state index contributed by atoms with van der Waals surface area (Å²) in [5.41, 5.74) is 1.54. The molecule has 0 aliphatic heterocycles.